The minimum atomic E-state index is -0.544. The van der Waals surface area contributed by atoms with Crippen LogP contribution in [-0.2, 0) is 12.8 Å². The molecule has 0 unspecified atom stereocenters. The van der Waals surface area contributed by atoms with Crippen molar-refractivity contribution in [3.63, 3.8) is 0 Å². The van der Waals surface area contributed by atoms with Crippen molar-refractivity contribution in [3.05, 3.63) is 70.8 Å². The highest BCUT2D eigenvalue weighted by molar-refractivity contribution is 6.07. The minimum absolute atomic E-state index is 0.319. The van der Waals surface area contributed by atoms with Crippen LogP contribution in [0, 0.1) is 5.82 Å². The van der Waals surface area contributed by atoms with Gasteiger partial charge in [0.05, 0.1) is 17.1 Å². The molecule has 170 valence electrons. The molecule has 0 atom stereocenters. The number of carbonyl (C=O) groups is 2. The first kappa shape index (κ1) is 21.2. The summed E-state index contributed by atoms with van der Waals surface area (Å²) < 4.78 is 15.1. The average Bonchev–Trinajstić information content (AvgIpc) is 3.43. The Morgan fingerprint density at radius 3 is 2.45 bits per heavy atom. The molecule has 0 spiro atoms. The molecule has 2 aromatic carbocycles. The van der Waals surface area contributed by atoms with Crippen LogP contribution in [0.1, 0.15) is 57.8 Å². The van der Waals surface area contributed by atoms with Crippen LogP contribution in [0.4, 0.5) is 15.8 Å². The molecule has 5 rings (SSSR count). The van der Waals surface area contributed by atoms with E-state index in [0.29, 0.717) is 16.9 Å². The van der Waals surface area contributed by atoms with E-state index in [9.17, 15) is 14.0 Å². The highest BCUT2D eigenvalue weighted by Crippen LogP contribution is 2.32. The van der Waals surface area contributed by atoms with E-state index >= 15 is 0 Å². The zero-order chi connectivity index (χ0) is 22.9. The Hall–Kier alpha value is -3.68. The van der Waals surface area contributed by atoms with Crippen LogP contribution in [0.2, 0.25) is 0 Å². The maximum absolute atomic E-state index is 13.4. The van der Waals surface area contributed by atoms with Gasteiger partial charge in [-0.05, 0) is 81.0 Å². The quantitative estimate of drug-likeness (QED) is 0.622. The molecule has 0 bridgehead atoms. The standard InChI is InChI=1S/C25H26FN5O2/c26-17-8-10-18(11-9-17)31-21-6-4-5-19(21)23(29-31)25(33)28-20-15-16(24(27)32)7-12-22(20)30-13-2-1-3-14-30/h7-12,15H,1-6,13-14H2,(H2,27,32)(H,28,33). The fraction of sp³-hybridized carbons (Fsp3) is 0.320. The lowest BCUT2D eigenvalue weighted by Crippen LogP contribution is -2.30. The van der Waals surface area contributed by atoms with Gasteiger partial charge in [0.15, 0.2) is 5.69 Å². The second-order valence-corrected chi connectivity index (χ2v) is 8.61. The van der Waals surface area contributed by atoms with Gasteiger partial charge in [0.1, 0.15) is 5.82 Å². The predicted molar refractivity (Wildman–Crippen MR) is 125 cm³/mol. The molecule has 2 amide bonds. The third kappa shape index (κ3) is 4.08. The van der Waals surface area contributed by atoms with Crippen molar-refractivity contribution in [2.45, 2.75) is 38.5 Å². The maximum atomic E-state index is 13.4. The van der Waals surface area contributed by atoms with E-state index in [1.165, 1.54) is 18.6 Å². The number of rotatable bonds is 5. The first-order valence-electron chi connectivity index (χ1n) is 11.4. The Morgan fingerprint density at radius 1 is 0.970 bits per heavy atom. The van der Waals surface area contributed by atoms with Crippen LogP contribution in [-0.4, -0.2) is 34.7 Å². The molecule has 2 heterocycles. The van der Waals surface area contributed by atoms with Crippen molar-refractivity contribution in [3.8, 4) is 5.69 Å². The van der Waals surface area contributed by atoms with Crippen LogP contribution in [0.5, 0.6) is 0 Å². The van der Waals surface area contributed by atoms with Crippen LogP contribution in [0.3, 0.4) is 0 Å². The Labute approximate surface area is 191 Å². The molecule has 2 aliphatic rings. The van der Waals surface area contributed by atoms with Crippen LogP contribution >= 0.6 is 0 Å². The number of primary amides is 1. The number of hydrogen-bond acceptors (Lipinski definition) is 4. The predicted octanol–water partition coefficient (Wildman–Crippen LogP) is 3.84. The zero-order valence-electron chi connectivity index (χ0n) is 18.3. The van der Waals surface area contributed by atoms with Crippen molar-refractivity contribution >= 4 is 23.2 Å². The molecule has 0 radical (unpaired) electrons. The Bertz CT molecular complexity index is 1210. The van der Waals surface area contributed by atoms with Crippen molar-refractivity contribution in [1.82, 2.24) is 9.78 Å². The number of aromatic nitrogens is 2. The monoisotopic (exact) mass is 447 g/mol. The summed E-state index contributed by atoms with van der Waals surface area (Å²) in [6.45, 7) is 1.79. The molecule has 1 saturated heterocycles. The van der Waals surface area contributed by atoms with E-state index in [2.05, 4.69) is 15.3 Å². The topological polar surface area (TPSA) is 93.2 Å². The number of nitrogens with two attached hydrogens (primary N) is 1. The molecule has 3 N–H and O–H groups in total. The molecule has 8 heteroatoms. The summed E-state index contributed by atoms with van der Waals surface area (Å²) in [7, 11) is 0. The molecule has 1 aromatic heterocycles. The lowest BCUT2D eigenvalue weighted by atomic mass is 10.1. The van der Waals surface area contributed by atoms with Gasteiger partial charge in [0.2, 0.25) is 5.91 Å². The Balaban J connectivity index is 1.50. The van der Waals surface area contributed by atoms with Gasteiger partial charge >= 0.3 is 0 Å². The number of benzene rings is 2. The minimum Gasteiger partial charge on any atom is -0.370 e. The number of piperidine rings is 1. The number of anilines is 2. The van der Waals surface area contributed by atoms with E-state index in [0.717, 1.165) is 67.8 Å². The van der Waals surface area contributed by atoms with Gasteiger partial charge in [-0.15, -0.1) is 0 Å². The highest BCUT2D eigenvalue weighted by atomic mass is 19.1. The summed E-state index contributed by atoms with van der Waals surface area (Å²) in [5.74, 6) is -1.19. The second kappa shape index (κ2) is 8.69. The number of nitrogens with zero attached hydrogens (tertiary/aromatic N) is 3. The Kier molecular flexibility index (Phi) is 5.58. The summed E-state index contributed by atoms with van der Waals surface area (Å²) in [6.07, 6.45) is 5.86. The van der Waals surface area contributed by atoms with E-state index in [1.807, 2.05) is 6.07 Å². The largest absolute Gasteiger partial charge is 0.370 e. The average molecular weight is 448 g/mol. The molecule has 1 aliphatic heterocycles. The zero-order valence-corrected chi connectivity index (χ0v) is 18.3. The third-order valence-corrected chi connectivity index (χ3v) is 6.44. The van der Waals surface area contributed by atoms with Crippen molar-refractivity contribution in [1.29, 1.82) is 0 Å². The van der Waals surface area contributed by atoms with E-state index < -0.39 is 5.91 Å². The van der Waals surface area contributed by atoms with Gasteiger partial charge in [-0.1, -0.05) is 0 Å². The number of amides is 2. The third-order valence-electron chi connectivity index (χ3n) is 6.44. The molecule has 7 nitrogen and oxygen atoms in total. The summed E-state index contributed by atoms with van der Waals surface area (Å²) in [5, 5.41) is 7.60. The van der Waals surface area contributed by atoms with Crippen molar-refractivity contribution in [2.24, 2.45) is 5.73 Å². The van der Waals surface area contributed by atoms with Crippen LogP contribution in [0.25, 0.3) is 5.69 Å². The summed E-state index contributed by atoms with van der Waals surface area (Å²) in [6, 6.07) is 11.3. The van der Waals surface area contributed by atoms with Crippen LogP contribution < -0.4 is 16.0 Å². The molecule has 33 heavy (non-hydrogen) atoms. The lowest BCUT2D eigenvalue weighted by molar-refractivity contribution is 0.0995. The highest BCUT2D eigenvalue weighted by Gasteiger charge is 2.28. The molecular weight excluding hydrogens is 421 g/mol. The molecule has 0 saturated carbocycles. The summed E-state index contributed by atoms with van der Waals surface area (Å²) >= 11 is 0. The van der Waals surface area contributed by atoms with E-state index in [1.54, 1.807) is 28.9 Å². The normalized spacial score (nSPS) is 15.4. The molecular formula is C25H26FN5O2. The number of hydrogen-bond donors (Lipinski definition) is 2. The van der Waals surface area contributed by atoms with Crippen molar-refractivity contribution in [2.75, 3.05) is 23.3 Å². The lowest BCUT2D eigenvalue weighted by Gasteiger charge is -2.30. The second-order valence-electron chi connectivity index (χ2n) is 8.61. The van der Waals surface area contributed by atoms with Gasteiger partial charge in [0, 0.05) is 29.9 Å². The fourth-order valence-corrected chi connectivity index (χ4v) is 4.80. The summed E-state index contributed by atoms with van der Waals surface area (Å²) in [4.78, 5) is 27.4. The van der Waals surface area contributed by atoms with Gasteiger partial charge < -0.3 is 16.0 Å². The first-order chi connectivity index (χ1) is 16.0. The SMILES string of the molecule is NC(=O)c1ccc(N2CCCCC2)c(NC(=O)c2nn(-c3ccc(F)cc3)c3c2CCC3)c1. The molecule has 1 fully saturated rings. The van der Waals surface area contributed by atoms with Gasteiger partial charge in [-0.25, -0.2) is 9.07 Å². The van der Waals surface area contributed by atoms with E-state index in [4.69, 9.17) is 5.73 Å². The molecule has 1 aliphatic carbocycles. The van der Waals surface area contributed by atoms with Gasteiger partial charge in [0.25, 0.3) is 5.91 Å². The van der Waals surface area contributed by atoms with Gasteiger partial charge in [-0.2, -0.15) is 5.10 Å². The fourth-order valence-electron chi connectivity index (χ4n) is 4.80. The summed E-state index contributed by atoms with van der Waals surface area (Å²) in [5.41, 5.74) is 10.3. The van der Waals surface area contributed by atoms with Gasteiger partial charge in [-0.3, -0.25) is 9.59 Å². The first-order valence-corrected chi connectivity index (χ1v) is 11.4. The molecule has 3 aromatic rings. The maximum Gasteiger partial charge on any atom is 0.276 e. The number of fused-ring (bicyclic) bond motifs is 1. The Morgan fingerprint density at radius 2 is 1.73 bits per heavy atom. The van der Waals surface area contributed by atoms with Crippen molar-refractivity contribution < 1.29 is 14.0 Å². The smallest absolute Gasteiger partial charge is 0.276 e. The number of halogens is 1. The number of nitrogens with one attached hydrogen (secondary N) is 1. The number of carbonyl (C=O) groups excluding carboxylic acids is 2. The van der Waals surface area contributed by atoms with Crippen LogP contribution in [0.15, 0.2) is 42.5 Å². The van der Waals surface area contributed by atoms with E-state index in [-0.39, 0.29) is 11.7 Å².